The highest BCUT2D eigenvalue weighted by molar-refractivity contribution is 7.99. The van der Waals surface area contributed by atoms with Gasteiger partial charge in [0.1, 0.15) is 6.04 Å². The number of hydrogen-bond donors (Lipinski definition) is 2. The first-order chi connectivity index (χ1) is 9.08. The third-order valence-corrected chi connectivity index (χ3v) is 4.52. The lowest BCUT2D eigenvalue weighted by molar-refractivity contribution is -0.138. The summed E-state index contributed by atoms with van der Waals surface area (Å²) in [4.78, 5) is 10.9. The zero-order valence-electron chi connectivity index (χ0n) is 10.5. The largest absolute Gasteiger partial charge is 0.493 e. The molecule has 0 saturated carbocycles. The normalized spacial score (nSPS) is 22.3. The average Bonchev–Trinajstić information content (AvgIpc) is 2.87. The van der Waals surface area contributed by atoms with Crippen molar-refractivity contribution >= 4 is 29.3 Å². The second-order valence-corrected chi connectivity index (χ2v) is 5.49. The molecule has 104 valence electrons. The molecule has 1 aromatic carbocycles. The van der Waals surface area contributed by atoms with Crippen LogP contribution in [0.25, 0.3) is 0 Å². The summed E-state index contributed by atoms with van der Waals surface area (Å²) in [6.45, 7) is 0. The van der Waals surface area contributed by atoms with Gasteiger partial charge in [-0.25, -0.2) is 0 Å². The number of ether oxygens (including phenoxy) is 2. The second-order valence-electron chi connectivity index (χ2n) is 3.98. The fourth-order valence-electron chi connectivity index (χ4n) is 1.90. The van der Waals surface area contributed by atoms with Gasteiger partial charge in [0, 0.05) is 11.3 Å². The maximum atomic E-state index is 10.9. The fraction of sp³-hybridized carbons (Fsp3) is 0.417. The molecule has 2 N–H and O–H groups in total. The molecule has 1 heterocycles. The minimum absolute atomic E-state index is 0.159. The molecule has 7 heteroatoms. The van der Waals surface area contributed by atoms with Crippen molar-refractivity contribution in [1.82, 2.24) is 5.32 Å². The molecule has 0 radical (unpaired) electrons. The van der Waals surface area contributed by atoms with Crippen LogP contribution in [0.15, 0.2) is 12.1 Å². The van der Waals surface area contributed by atoms with E-state index in [1.807, 2.05) is 6.07 Å². The summed E-state index contributed by atoms with van der Waals surface area (Å²) in [5.74, 6) is 0.661. The van der Waals surface area contributed by atoms with E-state index in [-0.39, 0.29) is 5.37 Å². The molecule has 2 rings (SSSR count). The smallest absolute Gasteiger partial charge is 0.321 e. The lowest BCUT2D eigenvalue weighted by Crippen LogP contribution is -2.33. The van der Waals surface area contributed by atoms with E-state index in [0.717, 1.165) is 5.56 Å². The van der Waals surface area contributed by atoms with Crippen molar-refractivity contribution in [2.45, 2.75) is 11.4 Å². The maximum Gasteiger partial charge on any atom is 0.321 e. The highest BCUT2D eigenvalue weighted by Crippen LogP contribution is 2.44. The standard InChI is InChI=1S/C12H14ClNO4S/c1-17-8-4-3-6(9(13)10(8)18-2)11-14-7(5-19-11)12(15)16/h3-4,7,11,14H,5H2,1-2H3,(H,15,16)/t7-,11?/m0/s1. The molecule has 1 aliphatic rings. The highest BCUT2D eigenvalue weighted by Gasteiger charge is 2.32. The predicted octanol–water partition coefficient (Wildman–Crippen LogP) is 2.15. The minimum Gasteiger partial charge on any atom is -0.493 e. The fourth-order valence-corrected chi connectivity index (χ4v) is 3.57. The van der Waals surface area contributed by atoms with Crippen LogP contribution in [0.3, 0.4) is 0 Å². The number of carboxylic acid groups (broad SMARTS) is 1. The molecule has 0 aromatic heterocycles. The van der Waals surface area contributed by atoms with E-state index < -0.39 is 12.0 Å². The molecule has 0 spiro atoms. The van der Waals surface area contributed by atoms with Crippen LogP contribution in [-0.2, 0) is 4.79 Å². The van der Waals surface area contributed by atoms with Crippen LogP contribution in [0.2, 0.25) is 5.02 Å². The Bertz CT molecular complexity index is 497. The number of halogens is 1. The second kappa shape index (κ2) is 5.90. The number of hydrogen-bond acceptors (Lipinski definition) is 5. The van der Waals surface area contributed by atoms with E-state index in [0.29, 0.717) is 22.3 Å². The van der Waals surface area contributed by atoms with Crippen LogP contribution in [-0.4, -0.2) is 37.1 Å². The number of aliphatic carboxylic acids is 1. The van der Waals surface area contributed by atoms with E-state index >= 15 is 0 Å². The molecule has 0 bridgehead atoms. The van der Waals surface area contributed by atoms with Crippen LogP contribution in [0.4, 0.5) is 0 Å². The Balaban J connectivity index is 2.29. The van der Waals surface area contributed by atoms with E-state index in [9.17, 15) is 4.79 Å². The summed E-state index contributed by atoms with van der Waals surface area (Å²) in [5, 5.41) is 12.3. The van der Waals surface area contributed by atoms with Crippen molar-refractivity contribution in [3.63, 3.8) is 0 Å². The summed E-state index contributed by atoms with van der Waals surface area (Å²) < 4.78 is 10.4. The van der Waals surface area contributed by atoms with Crippen molar-refractivity contribution in [1.29, 1.82) is 0 Å². The molecule has 1 aromatic rings. The molecule has 0 amide bonds. The summed E-state index contributed by atoms with van der Waals surface area (Å²) in [6, 6.07) is 3.02. The van der Waals surface area contributed by atoms with Crippen molar-refractivity contribution in [3.05, 3.63) is 22.7 Å². The third-order valence-electron chi connectivity index (χ3n) is 2.88. The Kier molecular flexibility index (Phi) is 4.44. The topological polar surface area (TPSA) is 67.8 Å². The van der Waals surface area contributed by atoms with Gasteiger partial charge in [-0.1, -0.05) is 17.7 Å². The molecule has 2 atom stereocenters. The van der Waals surface area contributed by atoms with E-state index in [4.69, 9.17) is 26.2 Å². The first-order valence-electron chi connectivity index (χ1n) is 5.59. The number of carboxylic acids is 1. The monoisotopic (exact) mass is 303 g/mol. The molecular formula is C12H14ClNO4S. The molecule has 19 heavy (non-hydrogen) atoms. The van der Waals surface area contributed by atoms with Gasteiger partial charge < -0.3 is 14.6 Å². The van der Waals surface area contributed by atoms with Gasteiger partial charge in [0.05, 0.1) is 24.6 Å². The molecule has 5 nitrogen and oxygen atoms in total. The van der Waals surface area contributed by atoms with E-state index in [1.165, 1.54) is 26.0 Å². The highest BCUT2D eigenvalue weighted by atomic mass is 35.5. The number of methoxy groups -OCH3 is 2. The van der Waals surface area contributed by atoms with Gasteiger partial charge in [0.25, 0.3) is 0 Å². The van der Waals surface area contributed by atoms with Gasteiger partial charge in [-0.05, 0) is 6.07 Å². The molecule has 1 aliphatic heterocycles. The quantitative estimate of drug-likeness (QED) is 0.888. The van der Waals surface area contributed by atoms with Gasteiger partial charge in [0.15, 0.2) is 11.5 Å². The van der Waals surface area contributed by atoms with Crippen LogP contribution in [0, 0.1) is 0 Å². The van der Waals surface area contributed by atoms with Gasteiger partial charge in [-0.3, -0.25) is 10.1 Å². The Morgan fingerprint density at radius 1 is 1.47 bits per heavy atom. The summed E-state index contributed by atoms with van der Waals surface area (Å²) in [5.41, 5.74) is 0.799. The molecule has 1 saturated heterocycles. The zero-order valence-corrected chi connectivity index (χ0v) is 12.0. The minimum atomic E-state index is -0.855. The molecule has 1 unspecified atom stereocenters. The van der Waals surface area contributed by atoms with Crippen LogP contribution in [0.1, 0.15) is 10.9 Å². The van der Waals surface area contributed by atoms with Crippen molar-refractivity contribution < 1.29 is 19.4 Å². The van der Waals surface area contributed by atoms with Crippen molar-refractivity contribution in [3.8, 4) is 11.5 Å². The SMILES string of the molecule is COc1ccc(C2N[C@H](C(=O)O)CS2)c(Cl)c1OC. The lowest BCUT2D eigenvalue weighted by Gasteiger charge is -2.17. The number of nitrogens with one attached hydrogen (secondary N) is 1. The van der Waals surface area contributed by atoms with Gasteiger partial charge >= 0.3 is 5.97 Å². The Labute approximate surface area is 120 Å². The Hall–Kier alpha value is -1.11. The van der Waals surface area contributed by atoms with Gasteiger partial charge in [0.2, 0.25) is 0 Å². The third kappa shape index (κ3) is 2.75. The summed E-state index contributed by atoms with van der Waals surface area (Å²) in [7, 11) is 3.06. The average molecular weight is 304 g/mol. The van der Waals surface area contributed by atoms with E-state index in [2.05, 4.69) is 5.32 Å². The first kappa shape index (κ1) is 14.3. The first-order valence-corrected chi connectivity index (χ1v) is 7.02. The van der Waals surface area contributed by atoms with Crippen LogP contribution < -0.4 is 14.8 Å². The van der Waals surface area contributed by atoms with Crippen LogP contribution in [0.5, 0.6) is 11.5 Å². The summed E-state index contributed by atoms with van der Waals surface area (Å²) in [6.07, 6.45) is 0. The lowest BCUT2D eigenvalue weighted by atomic mass is 10.2. The Morgan fingerprint density at radius 3 is 2.74 bits per heavy atom. The van der Waals surface area contributed by atoms with Gasteiger partial charge in [-0.2, -0.15) is 0 Å². The Morgan fingerprint density at radius 2 is 2.21 bits per heavy atom. The molecule has 1 fully saturated rings. The number of thioether (sulfide) groups is 1. The number of benzene rings is 1. The van der Waals surface area contributed by atoms with E-state index in [1.54, 1.807) is 6.07 Å². The zero-order chi connectivity index (χ0) is 14.0. The van der Waals surface area contributed by atoms with Crippen molar-refractivity contribution in [2.24, 2.45) is 0 Å². The molecular weight excluding hydrogens is 290 g/mol. The summed E-state index contributed by atoms with van der Waals surface area (Å²) >= 11 is 7.80. The maximum absolute atomic E-state index is 10.9. The number of carbonyl (C=O) groups is 1. The molecule has 0 aliphatic carbocycles. The van der Waals surface area contributed by atoms with Crippen LogP contribution >= 0.6 is 23.4 Å². The predicted molar refractivity (Wildman–Crippen MR) is 74.3 cm³/mol. The number of rotatable bonds is 4. The van der Waals surface area contributed by atoms with Crippen molar-refractivity contribution in [2.75, 3.05) is 20.0 Å². The van der Waals surface area contributed by atoms with Gasteiger partial charge in [-0.15, -0.1) is 11.8 Å².